The minimum Gasteiger partial charge on any atom is -0.479 e. The minimum atomic E-state index is -0.887. The molecule has 0 saturated carbocycles. The highest BCUT2D eigenvalue weighted by Crippen LogP contribution is 2.25. The number of halogens is 1. The topological polar surface area (TPSA) is 49.3 Å². The normalized spacial score (nSPS) is 11.9. The van der Waals surface area contributed by atoms with Crippen molar-refractivity contribution < 1.29 is 9.90 Å². The average Bonchev–Trinajstić information content (AvgIpc) is 2.41. The molecule has 0 bridgehead atoms. The van der Waals surface area contributed by atoms with Gasteiger partial charge in [-0.1, -0.05) is 34.1 Å². The SMILES string of the molecule is Cc1cccc(C(Nc2ccc(Br)cc2)C(=O)O)c1C. The Hall–Kier alpha value is -1.81. The van der Waals surface area contributed by atoms with E-state index in [0.29, 0.717) is 0 Å². The lowest BCUT2D eigenvalue weighted by molar-refractivity contribution is -0.138. The summed E-state index contributed by atoms with van der Waals surface area (Å²) in [6.07, 6.45) is 0. The minimum absolute atomic E-state index is 0.754. The molecule has 1 unspecified atom stereocenters. The van der Waals surface area contributed by atoms with Crippen molar-refractivity contribution in [2.75, 3.05) is 5.32 Å². The molecule has 1 atom stereocenters. The van der Waals surface area contributed by atoms with Crippen LogP contribution >= 0.6 is 15.9 Å². The van der Waals surface area contributed by atoms with Crippen LogP contribution in [0.3, 0.4) is 0 Å². The number of hydrogen-bond donors (Lipinski definition) is 2. The summed E-state index contributed by atoms with van der Waals surface area (Å²) in [5, 5.41) is 12.6. The lowest BCUT2D eigenvalue weighted by Gasteiger charge is -2.19. The van der Waals surface area contributed by atoms with Crippen LogP contribution in [-0.4, -0.2) is 11.1 Å². The summed E-state index contributed by atoms with van der Waals surface area (Å²) in [5.74, 6) is -0.887. The third-order valence-electron chi connectivity index (χ3n) is 3.36. The van der Waals surface area contributed by atoms with E-state index in [1.807, 2.05) is 56.3 Å². The molecule has 0 spiro atoms. The van der Waals surface area contributed by atoms with Gasteiger partial charge >= 0.3 is 5.97 Å². The van der Waals surface area contributed by atoms with Crippen LogP contribution < -0.4 is 5.32 Å². The van der Waals surface area contributed by atoms with E-state index in [9.17, 15) is 9.90 Å². The third-order valence-corrected chi connectivity index (χ3v) is 3.89. The van der Waals surface area contributed by atoms with Crippen LogP contribution in [0.2, 0.25) is 0 Å². The summed E-state index contributed by atoms with van der Waals surface area (Å²) < 4.78 is 0.960. The van der Waals surface area contributed by atoms with Crippen molar-refractivity contribution in [1.82, 2.24) is 0 Å². The van der Waals surface area contributed by atoms with E-state index < -0.39 is 12.0 Å². The number of anilines is 1. The molecule has 2 N–H and O–H groups in total. The van der Waals surface area contributed by atoms with Gasteiger partial charge in [0.2, 0.25) is 0 Å². The Labute approximate surface area is 126 Å². The number of hydrogen-bond acceptors (Lipinski definition) is 2. The van der Waals surface area contributed by atoms with Gasteiger partial charge in [-0.15, -0.1) is 0 Å². The molecule has 4 heteroatoms. The van der Waals surface area contributed by atoms with Gasteiger partial charge in [-0.3, -0.25) is 0 Å². The fraction of sp³-hybridized carbons (Fsp3) is 0.188. The molecular weight excluding hydrogens is 318 g/mol. The van der Waals surface area contributed by atoms with E-state index in [1.54, 1.807) is 0 Å². The third kappa shape index (κ3) is 3.20. The van der Waals surface area contributed by atoms with E-state index in [0.717, 1.165) is 26.9 Å². The summed E-state index contributed by atoms with van der Waals surface area (Å²) in [4.78, 5) is 11.6. The molecule has 0 amide bonds. The van der Waals surface area contributed by atoms with Gasteiger partial charge in [0.15, 0.2) is 6.04 Å². The number of carbonyl (C=O) groups is 1. The highest BCUT2D eigenvalue weighted by molar-refractivity contribution is 9.10. The fourth-order valence-corrected chi connectivity index (χ4v) is 2.34. The van der Waals surface area contributed by atoms with Crippen LogP contribution in [0.4, 0.5) is 5.69 Å². The van der Waals surface area contributed by atoms with Gasteiger partial charge in [0.1, 0.15) is 0 Å². The highest BCUT2D eigenvalue weighted by atomic mass is 79.9. The van der Waals surface area contributed by atoms with Crippen molar-refractivity contribution >= 4 is 27.6 Å². The molecule has 0 saturated heterocycles. The molecule has 0 fully saturated rings. The zero-order valence-corrected chi connectivity index (χ0v) is 12.9. The van der Waals surface area contributed by atoms with E-state index >= 15 is 0 Å². The number of aliphatic carboxylic acids is 1. The summed E-state index contributed by atoms with van der Waals surface area (Å²) in [6.45, 7) is 3.93. The van der Waals surface area contributed by atoms with E-state index in [-0.39, 0.29) is 0 Å². The molecule has 0 aromatic heterocycles. The molecule has 0 radical (unpaired) electrons. The fourth-order valence-electron chi connectivity index (χ4n) is 2.07. The lowest BCUT2D eigenvalue weighted by atomic mass is 9.97. The summed E-state index contributed by atoms with van der Waals surface area (Å²) in [6, 6.07) is 12.4. The van der Waals surface area contributed by atoms with Crippen LogP contribution in [0.1, 0.15) is 22.7 Å². The Kier molecular flexibility index (Phi) is 4.45. The van der Waals surface area contributed by atoms with Crippen molar-refractivity contribution in [3.05, 3.63) is 63.6 Å². The van der Waals surface area contributed by atoms with Gasteiger partial charge in [-0.2, -0.15) is 0 Å². The van der Waals surface area contributed by atoms with Crippen LogP contribution in [0.25, 0.3) is 0 Å². The Morgan fingerprint density at radius 1 is 1.15 bits per heavy atom. The van der Waals surface area contributed by atoms with Gasteiger partial charge in [0.25, 0.3) is 0 Å². The Morgan fingerprint density at radius 3 is 2.40 bits per heavy atom. The monoisotopic (exact) mass is 333 g/mol. The van der Waals surface area contributed by atoms with Gasteiger partial charge in [-0.05, 0) is 54.8 Å². The molecule has 0 aliphatic heterocycles. The first-order valence-electron chi connectivity index (χ1n) is 6.30. The smallest absolute Gasteiger partial charge is 0.330 e. The second kappa shape index (κ2) is 6.09. The van der Waals surface area contributed by atoms with Crippen LogP contribution in [-0.2, 0) is 4.79 Å². The Balaban J connectivity index is 2.34. The van der Waals surface area contributed by atoms with E-state index in [1.165, 1.54) is 0 Å². The van der Waals surface area contributed by atoms with Gasteiger partial charge < -0.3 is 10.4 Å². The van der Waals surface area contributed by atoms with Crippen molar-refractivity contribution in [2.45, 2.75) is 19.9 Å². The molecule has 2 aromatic rings. The van der Waals surface area contributed by atoms with Crippen molar-refractivity contribution in [2.24, 2.45) is 0 Å². The molecule has 20 heavy (non-hydrogen) atoms. The molecule has 104 valence electrons. The van der Waals surface area contributed by atoms with Crippen LogP contribution in [0.15, 0.2) is 46.9 Å². The van der Waals surface area contributed by atoms with E-state index in [4.69, 9.17) is 0 Å². The Bertz CT molecular complexity index is 623. The standard InChI is InChI=1S/C16H16BrNO2/c1-10-4-3-5-14(11(10)2)15(16(19)20)18-13-8-6-12(17)7-9-13/h3-9,15,18H,1-2H3,(H,19,20). The number of nitrogens with one attached hydrogen (secondary N) is 1. The average molecular weight is 334 g/mol. The predicted octanol–water partition coefficient (Wildman–Crippen LogP) is 4.30. The Morgan fingerprint density at radius 2 is 1.80 bits per heavy atom. The van der Waals surface area contributed by atoms with Gasteiger partial charge in [-0.25, -0.2) is 4.79 Å². The molecule has 2 aromatic carbocycles. The molecule has 2 rings (SSSR count). The summed E-state index contributed by atoms with van der Waals surface area (Å²) in [7, 11) is 0. The summed E-state index contributed by atoms with van der Waals surface area (Å²) >= 11 is 3.36. The number of aryl methyl sites for hydroxylation is 1. The first-order valence-corrected chi connectivity index (χ1v) is 7.09. The second-order valence-electron chi connectivity index (χ2n) is 4.71. The van der Waals surface area contributed by atoms with Crippen molar-refractivity contribution in [1.29, 1.82) is 0 Å². The number of benzene rings is 2. The quantitative estimate of drug-likeness (QED) is 0.876. The second-order valence-corrected chi connectivity index (χ2v) is 5.63. The van der Waals surface area contributed by atoms with Gasteiger partial charge in [0, 0.05) is 10.2 Å². The maximum Gasteiger partial charge on any atom is 0.330 e. The molecule has 0 aliphatic carbocycles. The number of carboxylic acid groups (broad SMARTS) is 1. The molecular formula is C16H16BrNO2. The van der Waals surface area contributed by atoms with Gasteiger partial charge in [0.05, 0.1) is 0 Å². The first kappa shape index (κ1) is 14.6. The lowest BCUT2D eigenvalue weighted by Crippen LogP contribution is -2.21. The molecule has 3 nitrogen and oxygen atoms in total. The predicted molar refractivity (Wildman–Crippen MR) is 84.1 cm³/mol. The van der Waals surface area contributed by atoms with Crippen LogP contribution in [0.5, 0.6) is 0 Å². The van der Waals surface area contributed by atoms with Crippen molar-refractivity contribution in [3.63, 3.8) is 0 Å². The maximum atomic E-state index is 11.6. The highest BCUT2D eigenvalue weighted by Gasteiger charge is 2.21. The molecule has 0 heterocycles. The maximum absolute atomic E-state index is 11.6. The zero-order chi connectivity index (χ0) is 14.7. The number of rotatable bonds is 4. The molecule has 0 aliphatic rings. The van der Waals surface area contributed by atoms with E-state index in [2.05, 4.69) is 21.2 Å². The van der Waals surface area contributed by atoms with Crippen LogP contribution in [0, 0.1) is 13.8 Å². The summed E-state index contributed by atoms with van der Waals surface area (Å²) in [5.41, 5.74) is 3.66. The first-order chi connectivity index (χ1) is 9.49. The zero-order valence-electron chi connectivity index (χ0n) is 11.4. The van der Waals surface area contributed by atoms with Crippen molar-refractivity contribution in [3.8, 4) is 0 Å². The number of carboxylic acids is 1. The largest absolute Gasteiger partial charge is 0.479 e.